The SMILES string of the molecule is CC(c1cc(C(F)(F)F)ccc1C(F)(F)F)N1CCN(C(=O)Oc2cccc(C(CC(=O)OCc3ccccc3)C3CC3)c2)CC1. The van der Waals surface area contributed by atoms with Crippen molar-refractivity contribution in [1.82, 2.24) is 9.80 Å². The summed E-state index contributed by atoms with van der Waals surface area (Å²) < 4.78 is 92.1. The van der Waals surface area contributed by atoms with Gasteiger partial charge in [0, 0.05) is 32.2 Å². The number of hydrogen-bond donors (Lipinski definition) is 0. The molecule has 1 saturated heterocycles. The molecule has 5 rings (SSSR count). The fraction of sp³-hybridized carbons (Fsp3) is 0.412. The molecule has 0 spiro atoms. The average Bonchev–Trinajstić information content (AvgIpc) is 3.87. The molecule has 0 bridgehead atoms. The zero-order chi connectivity index (χ0) is 33.1. The van der Waals surface area contributed by atoms with Gasteiger partial charge in [0.2, 0.25) is 0 Å². The van der Waals surface area contributed by atoms with E-state index >= 15 is 0 Å². The van der Waals surface area contributed by atoms with Gasteiger partial charge < -0.3 is 14.4 Å². The van der Waals surface area contributed by atoms with Crippen LogP contribution in [0.2, 0.25) is 0 Å². The Morgan fingerprint density at radius 1 is 0.848 bits per heavy atom. The Balaban J connectivity index is 1.19. The lowest BCUT2D eigenvalue weighted by Gasteiger charge is -2.38. The van der Waals surface area contributed by atoms with Crippen molar-refractivity contribution >= 4 is 12.1 Å². The Morgan fingerprint density at radius 2 is 1.54 bits per heavy atom. The summed E-state index contributed by atoms with van der Waals surface area (Å²) in [7, 11) is 0. The van der Waals surface area contributed by atoms with Gasteiger partial charge in [0.25, 0.3) is 0 Å². The molecule has 6 nitrogen and oxygen atoms in total. The summed E-state index contributed by atoms with van der Waals surface area (Å²) in [5, 5.41) is 0. The lowest BCUT2D eigenvalue weighted by Crippen LogP contribution is -2.50. The van der Waals surface area contributed by atoms with Crippen LogP contribution in [0.5, 0.6) is 5.75 Å². The van der Waals surface area contributed by atoms with Gasteiger partial charge >= 0.3 is 24.4 Å². The molecule has 1 aliphatic carbocycles. The Kier molecular flexibility index (Phi) is 9.95. The van der Waals surface area contributed by atoms with Crippen molar-refractivity contribution < 1.29 is 45.4 Å². The summed E-state index contributed by atoms with van der Waals surface area (Å²) >= 11 is 0. The van der Waals surface area contributed by atoms with Gasteiger partial charge in [-0.3, -0.25) is 9.69 Å². The van der Waals surface area contributed by atoms with Crippen LogP contribution in [0.15, 0.2) is 72.8 Å². The van der Waals surface area contributed by atoms with Gasteiger partial charge in [-0.2, -0.15) is 26.3 Å². The molecule has 246 valence electrons. The number of nitrogens with zero attached hydrogens (tertiary/aromatic N) is 2. The van der Waals surface area contributed by atoms with Crippen molar-refractivity contribution in [1.29, 1.82) is 0 Å². The van der Waals surface area contributed by atoms with Gasteiger partial charge in [0.1, 0.15) is 12.4 Å². The van der Waals surface area contributed by atoms with Gasteiger partial charge in [0.15, 0.2) is 0 Å². The maximum atomic E-state index is 13.7. The summed E-state index contributed by atoms with van der Waals surface area (Å²) in [5.74, 6) is 0.201. The highest BCUT2D eigenvalue weighted by atomic mass is 19.4. The van der Waals surface area contributed by atoms with E-state index in [2.05, 4.69) is 0 Å². The normalized spacial score (nSPS) is 17.3. The third-order valence-electron chi connectivity index (χ3n) is 8.57. The number of hydrogen-bond acceptors (Lipinski definition) is 5. The van der Waals surface area contributed by atoms with Crippen LogP contribution in [0.25, 0.3) is 0 Å². The van der Waals surface area contributed by atoms with Crippen molar-refractivity contribution in [2.24, 2.45) is 5.92 Å². The van der Waals surface area contributed by atoms with Gasteiger partial charge in [-0.1, -0.05) is 42.5 Å². The van der Waals surface area contributed by atoms with Crippen LogP contribution >= 0.6 is 0 Å². The zero-order valence-corrected chi connectivity index (χ0v) is 25.1. The van der Waals surface area contributed by atoms with Crippen molar-refractivity contribution in [2.45, 2.75) is 57.1 Å². The Labute approximate surface area is 262 Å². The first-order chi connectivity index (χ1) is 21.8. The Bertz CT molecular complexity index is 1520. The average molecular weight is 649 g/mol. The highest BCUT2D eigenvalue weighted by molar-refractivity contribution is 5.72. The van der Waals surface area contributed by atoms with E-state index in [0.29, 0.717) is 29.9 Å². The first kappa shape index (κ1) is 33.3. The molecule has 0 aromatic heterocycles. The molecule has 2 aliphatic rings. The quantitative estimate of drug-likeness (QED) is 0.173. The van der Waals surface area contributed by atoms with Crippen molar-refractivity contribution in [3.05, 3.63) is 101 Å². The molecular formula is C34H34F6N2O4. The van der Waals surface area contributed by atoms with Crippen LogP contribution in [0.1, 0.15) is 66.0 Å². The summed E-state index contributed by atoms with van der Waals surface area (Å²) in [6.45, 7) is 2.11. The van der Waals surface area contributed by atoms with Crippen LogP contribution in [0, 0.1) is 5.92 Å². The number of alkyl halides is 6. The molecule has 0 N–H and O–H groups in total. The van der Waals surface area contributed by atoms with Crippen molar-refractivity contribution in [3.8, 4) is 5.75 Å². The van der Waals surface area contributed by atoms with Crippen LogP contribution in [-0.4, -0.2) is 48.0 Å². The molecule has 0 radical (unpaired) electrons. The highest BCUT2D eigenvalue weighted by Crippen LogP contribution is 2.45. The number of carbonyl (C=O) groups excluding carboxylic acids is 2. The number of piperazine rings is 1. The third-order valence-corrected chi connectivity index (χ3v) is 8.57. The summed E-state index contributed by atoms with van der Waals surface area (Å²) in [4.78, 5) is 28.7. The number of ether oxygens (including phenoxy) is 2. The molecule has 1 saturated carbocycles. The summed E-state index contributed by atoms with van der Waals surface area (Å²) in [5.41, 5.74) is -0.998. The van der Waals surface area contributed by atoms with Gasteiger partial charge in [-0.25, -0.2) is 4.79 Å². The molecule has 12 heteroatoms. The number of carbonyl (C=O) groups is 2. The minimum absolute atomic E-state index is 0.0932. The lowest BCUT2D eigenvalue weighted by molar-refractivity contribution is -0.145. The third kappa shape index (κ3) is 8.39. The molecule has 1 aliphatic heterocycles. The molecule has 2 atom stereocenters. The first-order valence-electron chi connectivity index (χ1n) is 15.1. The smallest absolute Gasteiger partial charge is 0.416 e. The van der Waals surface area contributed by atoms with Crippen LogP contribution in [0.3, 0.4) is 0 Å². The zero-order valence-electron chi connectivity index (χ0n) is 25.1. The number of rotatable bonds is 9. The number of halogens is 6. The van der Waals surface area contributed by atoms with Gasteiger partial charge in [0.05, 0.1) is 17.5 Å². The first-order valence-corrected chi connectivity index (χ1v) is 15.1. The maximum Gasteiger partial charge on any atom is 0.416 e. The molecular weight excluding hydrogens is 614 g/mol. The fourth-order valence-corrected chi connectivity index (χ4v) is 5.84. The Morgan fingerprint density at radius 3 is 2.17 bits per heavy atom. The number of amides is 1. The van der Waals surface area contributed by atoms with Crippen molar-refractivity contribution in [3.63, 3.8) is 0 Å². The van der Waals surface area contributed by atoms with E-state index in [1.165, 1.54) is 11.8 Å². The van der Waals surface area contributed by atoms with Crippen LogP contribution in [-0.2, 0) is 28.5 Å². The molecule has 3 aromatic carbocycles. The highest BCUT2D eigenvalue weighted by Gasteiger charge is 2.39. The van der Waals surface area contributed by atoms with E-state index in [1.807, 2.05) is 36.4 Å². The topological polar surface area (TPSA) is 59.1 Å². The largest absolute Gasteiger partial charge is 0.461 e. The van der Waals surface area contributed by atoms with E-state index in [4.69, 9.17) is 9.47 Å². The van der Waals surface area contributed by atoms with Gasteiger partial charge in [-0.15, -0.1) is 0 Å². The second-order valence-corrected chi connectivity index (χ2v) is 11.7. The van der Waals surface area contributed by atoms with E-state index in [1.54, 1.807) is 23.1 Å². The molecule has 2 fully saturated rings. The minimum Gasteiger partial charge on any atom is -0.461 e. The molecule has 46 heavy (non-hydrogen) atoms. The molecule has 1 amide bonds. The van der Waals surface area contributed by atoms with Crippen LogP contribution in [0.4, 0.5) is 31.1 Å². The van der Waals surface area contributed by atoms with Crippen LogP contribution < -0.4 is 4.74 Å². The predicted molar refractivity (Wildman–Crippen MR) is 157 cm³/mol. The molecule has 3 aromatic rings. The summed E-state index contributed by atoms with van der Waals surface area (Å²) in [6, 6.07) is 16.9. The molecule has 1 heterocycles. The second-order valence-electron chi connectivity index (χ2n) is 11.7. The monoisotopic (exact) mass is 648 g/mol. The summed E-state index contributed by atoms with van der Waals surface area (Å²) in [6.07, 6.45) is -8.11. The van der Waals surface area contributed by atoms with E-state index < -0.39 is 41.2 Å². The van der Waals surface area contributed by atoms with Crippen molar-refractivity contribution in [2.75, 3.05) is 26.2 Å². The predicted octanol–water partition coefficient (Wildman–Crippen LogP) is 8.23. The maximum absolute atomic E-state index is 13.7. The van der Waals surface area contributed by atoms with E-state index in [-0.39, 0.29) is 51.1 Å². The van der Waals surface area contributed by atoms with Gasteiger partial charge in [-0.05, 0) is 78.6 Å². The van der Waals surface area contributed by atoms with E-state index in [9.17, 15) is 35.9 Å². The number of esters is 1. The second kappa shape index (κ2) is 13.7. The minimum atomic E-state index is -4.82. The standard InChI is InChI=1S/C34H34F6N2O4/c1-22(28-19-26(33(35,36)37)12-13-30(28)34(38,39)40)41-14-16-42(17-15-41)32(44)46-27-9-5-8-25(18-27)29(24-10-11-24)20-31(43)45-21-23-6-3-2-4-7-23/h2-9,12-13,18-19,22,24,29H,10-11,14-17,20-21H2,1H3. The van der Waals surface area contributed by atoms with E-state index in [0.717, 1.165) is 24.0 Å². The molecule has 2 unspecified atom stereocenters. The fourth-order valence-electron chi connectivity index (χ4n) is 5.84. The lowest BCUT2D eigenvalue weighted by atomic mass is 9.91. The Hall–Kier alpha value is -4.06. The number of benzene rings is 3.